The highest BCUT2D eigenvalue weighted by Crippen LogP contribution is 2.18. The molecule has 1 atom stereocenters. The van der Waals surface area contributed by atoms with Gasteiger partial charge in [-0.3, -0.25) is 4.55 Å². The van der Waals surface area contributed by atoms with Crippen LogP contribution in [-0.2, 0) is 16.7 Å². The summed E-state index contributed by atoms with van der Waals surface area (Å²) in [6.07, 6.45) is 0. The highest BCUT2D eigenvalue weighted by Gasteiger charge is 2.21. The summed E-state index contributed by atoms with van der Waals surface area (Å²) in [5.74, 6) is -0.0837. The van der Waals surface area contributed by atoms with Crippen LogP contribution in [0.5, 0.6) is 0 Å². The number of nitrogens with one attached hydrogen (secondary N) is 1. The first-order chi connectivity index (χ1) is 8.46. The van der Waals surface area contributed by atoms with E-state index in [1.165, 1.54) is 4.68 Å². The fourth-order valence-electron chi connectivity index (χ4n) is 1.22. The normalized spacial score (nSPS) is 13.7. The van der Waals surface area contributed by atoms with Crippen molar-refractivity contribution in [2.24, 2.45) is 0 Å². The summed E-state index contributed by atoms with van der Waals surface area (Å²) in [4.78, 5) is 0. The first kappa shape index (κ1) is 12.8. The van der Waals surface area contributed by atoms with Crippen LogP contribution in [0.25, 0.3) is 0 Å². The molecule has 0 bridgehead atoms. The van der Waals surface area contributed by atoms with Crippen molar-refractivity contribution in [3.63, 3.8) is 0 Å². The SMILES string of the molecule is O=S(=O)(O)CC(S)c1nnnn1Cc1nn[nH]n1. The molecule has 2 aromatic rings. The minimum Gasteiger partial charge on any atom is -0.286 e. The fraction of sp³-hybridized carbons (Fsp3) is 0.600. The van der Waals surface area contributed by atoms with E-state index >= 15 is 0 Å². The molecule has 2 rings (SSSR count). The van der Waals surface area contributed by atoms with E-state index < -0.39 is 21.1 Å². The maximum Gasteiger partial charge on any atom is 0.266 e. The predicted molar refractivity (Wildman–Crippen MR) is 59.2 cm³/mol. The van der Waals surface area contributed by atoms with Gasteiger partial charge in [0.05, 0.1) is 11.0 Å². The lowest BCUT2D eigenvalue weighted by atomic mass is 10.4. The molecule has 0 spiro atoms. The average Bonchev–Trinajstić information content (AvgIpc) is 2.86. The van der Waals surface area contributed by atoms with Gasteiger partial charge in [-0.2, -0.15) is 26.3 Å². The Morgan fingerprint density at radius 1 is 1.44 bits per heavy atom. The van der Waals surface area contributed by atoms with E-state index in [2.05, 4.69) is 48.8 Å². The summed E-state index contributed by atoms with van der Waals surface area (Å²) in [7, 11) is -4.16. The predicted octanol–water partition coefficient (Wildman–Crippen LogP) is -1.91. The number of tetrazole rings is 2. The van der Waals surface area contributed by atoms with Crippen molar-refractivity contribution in [1.29, 1.82) is 0 Å². The molecular formula is C5H8N8O3S2. The highest BCUT2D eigenvalue weighted by atomic mass is 32.2. The van der Waals surface area contributed by atoms with Gasteiger partial charge < -0.3 is 0 Å². The molecule has 18 heavy (non-hydrogen) atoms. The standard InChI is InChI=1S/C5H8N8O3S2/c14-18(15,16)2-3(17)5-8-11-12-13(5)1-4-6-9-10-7-4/h3,17H,1-2H2,(H,14,15,16)(H,6,7,9,10). The number of hydrogen-bond donors (Lipinski definition) is 3. The topological polar surface area (TPSA) is 152 Å². The summed E-state index contributed by atoms with van der Waals surface area (Å²) in [5, 5.41) is 22.9. The lowest BCUT2D eigenvalue weighted by molar-refractivity contribution is 0.480. The molecule has 98 valence electrons. The first-order valence-electron chi connectivity index (χ1n) is 4.57. The summed E-state index contributed by atoms with van der Waals surface area (Å²) in [6, 6.07) is 0. The van der Waals surface area contributed by atoms with E-state index in [-0.39, 0.29) is 12.4 Å². The molecule has 2 heterocycles. The minimum absolute atomic E-state index is 0.112. The van der Waals surface area contributed by atoms with Gasteiger partial charge in [-0.25, -0.2) is 4.68 Å². The zero-order valence-corrected chi connectivity index (χ0v) is 10.5. The van der Waals surface area contributed by atoms with Crippen LogP contribution < -0.4 is 0 Å². The molecule has 0 radical (unpaired) electrons. The lowest BCUT2D eigenvalue weighted by Crippen LogP contribution is -2.16. The molecule has 0 aliphatic carbocycles. The Hall–Kier alpha value is -1.60. The molecule has 0 amide bonds. The number of hydrogen-bond acceptors (Lipinski definition) is 9. The Morgan fingerprint density at radius 2 is 2.22 bits per heavy atom. The first-order valence-corrected chi connectivity index (χ1v) is 6.70. The maximum atomic E-state index is 10.8. The monoisotopic (exact) mass is 292 g/mol. The van der Waals surface area contributed by atoms with Crippen molar-refractivity contribution in [2.45, 2.75) is 11.8 Å². The van der Waals surface area contributed by atoms with Crippen LogP contribution in [0.2, 0.25) is 0 Å². The smallest absolute Gasteiger partial charge is 0.266 e. The molecule has 0 aliphatic heterocycles. The third kappa shape index (κ3) is 3.21. The van der Waals surface area contributed by atoms with Gasteiger partial charge >= 0.3 is 0 Å². The Labute approximate surface area is 106 Å². The van der Waals surface area contributed by atoms with E-state index in [9.17, 15) is 8.42 Å². The van der Waals surface area contributed by atoms with Crippen molar-refractivity contribution < 1.29 is 13.0 Å². The molecular weight excluding hydrogens is 284 g/mol. The number of aromatic nitrogens is 8. The second-order valence-electron chi connectivity index (χ2n) is 3.29. The Balaban J connectivity index is 2.17. The van der Waals surface area contributed by atoms with E-state index in [4.69, 9.17) is 4.55 Å². The van der Waals surface area contributed by atoms with Crippen molar-refractivity contribution in [3.05, 3.63) is 11.6 Å². The molecule has 0 aromatic carbocycles. The summed E-state index contributed by atoms with van der Waals surface area (Å²) >= 11 is 4.03. The molecule has 11 nitrogen and oxygen atoms in total. The zero-order chi connectivity index (χ0) is 13.2. The number of aromatic amines is 1. The Kier molecular flexibility index (Phi) is 3.53. The molecule has 1 unspecified atom stereocenters. The third-order valence-corrected chi connectivity index (χ3v) is 3.32. The molecule has 2 aromatic heterocycles. The number of rotatable bonds is 5. The second kappa shape index (κ2) is 4.95. The summed E-state index contributed by atoms with van der Waals surface area (Å²) in [5.41, 5.74) is 0. The Bertz CT molecular complexity index is 606. The van der Waals surface area contributed by atoms with Crippen LogP contribution in [0.3, 0.4) is 0 Å². The highest BCUT2D eigenvalue weighted by molar-refractivity contribution is 7.87. The van der Waals surface area contributed by atoms with E-state index in [0.717, 1.165) is 0 Å². The summed E-state index contributed by atoms with van der Waals surface area (Å²) in [6.45, 7) is 0.112. The molecule has 0 saturated carbocycles. The van der Waals surface area contributed by atoms with Gasteiger partial charge in [0.1, 0.15) is 6.54 Å². The fourth-order valence-corrected chi connectivity index (χ4v) is 2.52. The van der Waals surface area contributed by atoms with Crippen molar-refractivity contribution in [2.75, 3.05) is 5.75 Å². The minimum atomic E-state index is -4.16. The molecule has 0 saturated heterocycles. The molecule has 0 aliphatic rings. The second-order valence-corrected chi connectivity index (χ2v) is 5.41. The van der Waals surface area contributed by atoms with Crippen LogP contribution >= 0.6 is 12.6 Å². The third-order valence-electron chi connectivity index (χ3n) is 1.91. The van der Waals surface area contributed by atoms with Crippen LogP contribution in [0.1, 0.15) is 16.9 Å². The van der Waals surface area contributed by atoms with Gasteiger partial charge in [0.15, 0.2) is 11.6 Å². The lowest BCUT2D eigenvalue weighted by Gasteiger charge is -2.07. The van der Waals surface area contributed by atoms with Gasteiger partial charge in [-0.15, -0.1) is 15.3 Å². The van der Waals surface area contributed by atoms with Gasteiger partial charge in [0.25, 0.3) is 10.1 Å². The van der Waals surface area contributed by atoms with E-state index in [1.54, 1.807) is 0 Å². The van der Waals surface area contributed by atoms with Crippen molar-refractivity contribution >= 4 is 22.7 Å². The van der Waals surface area contributed by atoms with Gasteiger partial charge in [0.2, 0.25) is 0 Å². The van der Waals surface area contributed by atoms with E-state index in [0.29, 0.717) is 5.82 Å². The largest absolute Gasteiger partial charge is 0.286 e. The molecule has 13 heteroatoms. The van der Waals surface area contributed by atoms with Gasteiger partial charge in [0, 0.05) is 0 Å². The number of H-pyrrole nitrogens is 1. The van der Waals surface area contributed by atoms with Crippen LogP contribution in [-0.4, -0.2) is 59.6 Å². The summed E-state index contributed by atoms with van der Waals surface area (Å²) < 4.78 is 31.5. The number of thiol groups is 1. The van der Waals surface area contributed by atoms with Crippen molar-refractivity contribution in [1.82, 2.24) is 40.8 Å². The van der Waals surface area contributed by atoms with Crippen LogP contribution in [0.4, 0.5) is 0 Å². The van der Waals surface area contributed by atoms with Crippen LogP contribution in [0, 0.1) is 0 Å². The molecule has 2 N–H and O–H groups in total. The van der Waals surface area contributed by atoms with Gasteiger partial charge in [-0.1, -0.05) is 5.21 Å². The average molecular weight is 292 g/mol. The molecule has 0 fully saturated rings. The van der Waals surface area contributed by atoms with Crippen LogP contribution in [0.15, 0.2) is 0 Å². The van der Waals surface area contributed by atoms with Crippen molar-refractivity contribution in [3.8, 4) is 0 Å². The zero-order valence-electron chi connectivity index (χ0n) is 8.74. The number of nitrogens with zero attached hydrogens (tertiary/aromatic N) is 7. The maximum absolute atomic E-state index is 10.8. The Morgan fingerprint density at radius 3 is 2.83 bits per heavy atom. The van der Waals surface area contributed by atoms with E-state index in [1.807, 2.05) is 0 Å². The van der Waals surface area contributed by atoms with Gasteiger partial charge in [-0.05, 0) is 10.4 Å². The quantitative estimate of drug-likeness (QED) is 0.423.